The van der Waals surface area contributed by atoms with Gasteiger partial charge in [0.15, 0.2) is 0 Å². The standard InChI is InChI=1S/C28H26N2O5S/c1-34-23-15-17-25(18-16-23)36(32,33)30(20-21-9-4-3-5-10-21)27-14-7-6-13-26(27)28(31)29-22-11-8-12-24(19-22)35-2/h3-19H,20H2,1-2H3,(H,29,31). The van der Waals surface area contributed by atoms with Gasteiger partial charge in [-0.3, -0.25) is 9.10 Å². The zero-order chi connectivity index (χ0) is 25.5. The molecule has 0 unspecified atom stereocenters. The van der Waals surface area contributed by atoms with Gasteiger partial charge in [-0.25, -0.2) is 8.42 Å². The average Bonchev–Trinajstić information content (AvgIpc) is 2.92. The molecule has 0 aliphatic carbocycles. The van der Waals surface area contributed by atoms with Crippen molar-refractivity contribution in [3.05, 3.63) is 114 Å². The second kappa shape index (κ2) is 11.0. The zero-order valence-corrected chi connectivity index (χ0v) is 20.7. The van der Waals surface area contributed by atoms with E-state index >= 15 is 0 Å². The summed E-state index contributed by atoms with van der Waals surface area (Å²) in [6.07, 6.45) is 0. The molecule has 7 nitrogen and oxygen atoms in total. The third kappa shape index (κ3) is 5.50. The maximum absolute atomic E-state index is 13.9. The van der Waals surface area contributed by atoms with Crippen molar-refractivity contribution < 1.29 is 22.7 Å². The van der Waals surface area contributed by atoms with E-state index in [0.717, 1.165) is 5.56 Å². The van der Waals surface area contributed by atoms with Crippen LogP contribution in [0.15, 0.2) is 108 Å². The molecule has 0 aromatic heterocycles. The van der Waals surface area contributed by atoms with Crippen LogP contribution < -0.4 is 19.1 Å². The maximum Gasteiger partial charge on any atom is 0.264 e. The molecule has 0 saturated carbocycles. The molecule has 8 heteroatoms. The summed E-state index contributed by atoms with van der Waals surface area (Å²) < 4.78 is 39.4. The highest BCUT2D eigenvalue weighted by atomic mass is 32.2. The Kier molecular flexibility index (Phi) is 7.56. The first kappa shape index (κ1) is 24.8. The molecule has 0 bridgehead atoms. The number of ether oxygens (including phenoxy) is 2. The predicted octanol–water partition coefficient (Wildman–Crippen LogP) is 5.35. The molecule has 0 fully saturated rings. The minimum Gasteiger partial charge on any atom is -0.497 e. The summed E-state index contributed by atoms with van der Waals surface area (Å²) in [5, 5.41) is 2.84. The molecule has 0 spiro atoms. The van der Waals surface area contributed by atoms with Gasteiger partial charge in [0.2, 0.25) is 0 Å². The number of nitrogens with zero attached hydrogens (tertiary/aromatic N) is 1. The van der Waals surface area contributed by atoms with Gasteiger partial charge >= 0.3 is 0 Å². The minimum absolute atomic E-state index is 0.0403. The Labute approximate surface area is 211 Å². The number of hydrogen-bond donors (Lipinski definition) is 1. The molecular formula is C28H26N2O5S. The highest BCUT2D eigenvalue weighted by Crippen LogP contribution is 2.31. The van der Waals surface area contributed by atoms with Crippen molar-refractivity contribution >= 4 is 27.3 Å². The van der Waals surface area contributed by atoms with E-state index in [-0.39, 0.29) is 22.7 Å². The molecule has 36 heavy (non-hydrogen) atoms. The van der Waals surface area contributed by atoms with E-state index < -0.39 is 15.9 Å². The highest BCUT2D eigenvalue weighted by Gasteiger charge is 2.28. The van der Waals surface area contributed by atoms with E-state index in [2.05, 4.69) is 5.32 Å². The van der Waals surface area contributed by atoms with Crippen molar-refractivity contribution in [1.29, 1.82) is 0 Å². The molecule has 4 rings (SSSR count). The molecule has 0 aliphatic heterocycles. The minimum atomic E-state index is -4.04. The molecule has 4 aromatic carbocycles. The number of carbonyl (C=O) groups is 1. The Hall–Kier alpha value is -4.30. The molecule has 1 N–H and O–H groups in total. The third-order valence-corrected chi connectivity index (χ3v) is 7.34. The first-order chi connectivity index (χ1) is 17.4. The van der Waals surface area contributed by atoms with Crippen LogP contribution in [0.2, 0.25) is 0 Å². The summed E-state index contributed by atoms with van der Waals surface area (Å²) >= 11 is 0. The second-order valence-corrected chi connectivity index (χ2v) is 9.74. The fourth-order valence-corrected chi connectivity index (χ4v) is 5.18. The van der Waals surface area contributed by atoms with Gasteiger partial charge in [0.05, 0.1) is 36.9 Å². The summed E-state index contributed by atoms with van der Waals surface area (Å²) in [5.41, 5.74) is 1.78. The predicted molar refractivity (Wildman–Crippen MR) is 140 cm³/mol. The van der Waals surface area contributed by atoms with E-state index in [0.29, 0.717) is 17.2 Å². The van der Waals surface area contributed by atoms with E-state index in [1.54, 1.807) is 67.8 Å². The number of para-hydroxylation sites is 1. The fourth-order valence-electron chi connectivity index (χ4n) is 3.71. The molecule has 1 amide bonds. The van der Waals surface area contributed by atoms with E-state index in [1.165, 1.54) is 23.5 Å². The maximum atomic E-state index is 13.9. The molecule has 184 valence electrons. The monoisotopic (exact) mass is 502 g/mol. The summed E-state index contributed by atoms with van der Waals surface area (Å²) in [7, 11) is -0.979. The van der Waals surface area contributed by atoms with Gasteiger partial charge in [-0.2, -0.15) is 0 Å². The van der Waals surface area contributed by atoms with Crippen LogP contribution in [0.1, 0.15) is 15.9 Å². The zero-order valence-electron chi connectivity index (χ0n) is 19.9. The summed E-state index contributed by atoms with van der Waals surface area (Å²) in [6, 6.07) is 29.0. The van der Waals surface area contributed by atoms with Gasteiger partial charge < -0.3 is 14.8 Å². The lowest BCUT2D eigenvalue weighted by Gasteiger charge is -2.26. The first-order valence-electron chi connectivity index (χ1n) is 11.2. The van der Waals surface area contributed by atoms with Crippen LogP contribution in [0.4, 0.5) is 11.4 Å². The summed E-state index contributed by atoms with van der Waals surface area (Å²) in [5.74, 6) is 0.692. The number of amides is 1. The number of rotatable bonds is 9. The SMILES string of the molecule is COc1ccc(S(=O)(=O)N(Cc2ccccc2)c2ccccc2C(=O)Nc2cccc(OC)c2)cc1. The molecule has 0 aliphatic rings. The number of hydrogen-bond acceptors (Lipinski definition) is 5. The van der Waals surface area contributed by atoms with Crippen molar-refractivity contribution in [2.24, 2.45) is 0 Å². The van der Waals surface area contributed by atoms with Crippen LogP contribution in [0, 0.1) is 0 Å². The van der Waals surface area contributed by atoms with Gasteiger partial charge in [-0.15, -0.1) is 0 Å². The number of carbonyl (C=O) groups excluding carboxylic acids is 1. The van der Waals surface area contributed by atoms with E-state index in [4.69, 9.17) is 9.47 Å². The van der Waals surface area contributed by atoms with Gasteiger partial charge in [-0.05, 0) is 54.1 Å². The molecular weight excluding hydrogens is 476 g/mol. The van der Waals surface area contributed by atoms with Crippen molar-refractivity contribution in [3.8, 4) is 11.5 Å². The summed E-state index contributed by atoms with van der Waals surface area (Å²) in [6.45, 7) is 0.0403. The molecule has 0 heterocycles. The largest absolute Gasteiger partial charge is 0.497 e. The lowest BCUT2D eigenvalue weighted by molar-refractivity contribution is 0.102. The van der Waals surface area contributed by atoms with Gasteiger partial charge in [0, 0.05) is 11.8 Å². The molecule has 4 aromatic rings. The average molecular weight is 503 g/mol. The number of sulfonamides is 1. The van der Waals surface area contributed by atoms with Crippen molar-refractivity contribution in [2.45, 2.75) is 11.4 Å². The fraction of sp³-hybridized carbons (Fsp3) is 0.107. The Balaban J connectivity index is 1.77. The Morgan fingerprint density at radius 1 is 0.778 bits per heavy atom. The van der Waals surface area contributed by atoms with Crippen molar-refractivity contribution in [2.75, 3.05) is 23.8 Å². The van der Waals surface area contributed by atoms with Crippen LogP contribution in [0.5, 0.6) is 11.5 Å². The highest BCUT2D eigenvalue weighted by molar-refractivity contribution is 7.92. The Morgan fingerprint density at radius 2 is 1.44 bits per heavy atom. The van der Waals surface area contributed by atoms with Crippen molar-refractivity contribution in [1.82, 2.24) is 0 Å². The van der Waals surface area contributed by atoms with Gasteiger partial charge in [0.1, 0.15) is 11.5 Å². The van der Waals surface area contributed by atoms with Crippen LogP contribution in [0.3, 0.4) is 0 Å². The quantitative estimate of drug-likeness (QED) is 0.333. The first-order valence-corrected chi connectivity index (χ1v) is 12.6. The molecule has 0 saturated heterocycles. The van der Waals surface area contributed by atoms with E-state index in [1.807, 2.05) is 30.3 Å². The topological polar surface area (TPSA) is 84.9 Å². The number of benzene rings is 4. The van der Waals surface area contributed by atoms with E-state index in [9.17, 15) is 13.2 Å². The smallest absolute Gasteiger partial charge is 0.264 e. The second-order valence-electron chi connectivity index (χ2n) is 7.88. The number of nitrogens with one attached hydrogen (secondary N) is 1. The van der Waals surface area contributed by atoms with Crippen LogP contribution in [-0.2, 0) is 16.6 Å². The lowest BCUT2D eigenvalue weighted by atomic mass is 10.1. The summed E-state index contributed by atoms with van der Waals surface area (Å²) in [4.78, 5) is 13.4. The normalized spacial score (nSPS) is 10.9. The van der Waals surface area contributed by atoms with Crippen LogP contribution in [0.25, 0.3) is 0 Å². The lowest BCUT2D eigenvalue weighted by Crippen LogP contribution is -2.32. The third-order valence-electron chi connectivity index (χ3n) is 5.56. The Bertz CT molecular complexity index is 1440. The van der Waals surface area contributed by atoms with Gasteiger partial charge in [-0.1, -0.05) is 48.5 Å². The van der Waals surface area contributed by atoms with Crippen LogP contribution >= 0.6 is 0 Å². The number of methoxy groups -OCH3 is 2. The molecule has 0 atom stereocenters. The van der Waals surface area contributed by atoms with Crippen molar-refractivity contribution in [3.63, 3.8) is 0 Å². The number of anilines is 2. The molecule has 0 radical (unpaired) electrons. The van der Waals surface area contributed by atoms with Gasteiger partial charge in [0.25, 0.3) is 15.9 Å². The van der Waals surface area contributed by atoms with Crippen LogP contribution in [-0.4, -0.2) is 28.5 Å². The Morgan fingerprint density at radius 3 is 2.14 bits per heavy atom.